The van der Waals surface area contributed by atoms with Gasteiger partial charge in [-0.25, -0.2) is 0 Å². The summed E-state index contributed by atoms with van der Waals surface area (Å²) in [6, 6.07) is 6.19. The number of likely N-dealkylation sites (N-methyl/N-ethyl adjacent to an activating group) is 1. The first-order valence-electron chi connectivity index (χ1n) is 7.49. The number of benzene rings is 1. The molecule has 0 saturated heterocycles. The molecule has 0 fully saturated rings. The number of oxime groups is 1. The quantitative estimate of drug-likeness (QED) is 0.187. The number of ether oxygens (including phenoxy) is 1. The molecule has 23 heavy (non-hydrogen) atoms. The van der Waals surface area contributed by atoms with Gasteiger partial charge in [-0.3, -0.25) is 0 Å². The van der Waals surface area contributed by atoms with Crippen LogP contribution in [-0.2, 0) is 13.5 Å². The average Bonchev–Trinajstić information content (AvgIpc) is 2.53. The van der Waals surface area contributed by atoms with Crippen molar-refractivity contribution >= 4 is 28.3 Å². The van der Waals surface area contributed by atoms with Crippen molar-refractivity contribution in [1.82, 2.24) is 5.32 Å². The summed E-state index contributed by atoms with van der Waals surface area (Å²) in [5.41, 5.74) is 1.55. The summed E-state index contributed by atoms with van der Waals surface area (Å²) < 4.78 is 28.7. The number of methoxy groups -OCH3 is 1. The Hall–Kier alpha value is -0.800. The third-order valence-electron chi connectivity index (χ3n) is 3.18. The standard InChI is InChI=1S/C16H23F2IN2O2/c1-20-10-12-23-21-15(5-3-4-11-22-2)13-6-8-14(9-7-13)16(17,18)19/h6-9,20H,3-5,10-12H2,1-2H3/b21-15+. The lowest BCUT2D eigenvalue weighted by Gasteiger charge is -2.11. The molecular weight excluding hydrogens is 417 g/mol. The van der Waals surface area contributed by atoms with Gasteiger partial charge in [-0.15, -0.1) is 0 Å². The Morgan fingerprint density at radius 1 is 1.22 bits per heavy atom. The SMILES string of the molecule is CNCCO/N=C(\CCCCOC)c1ccc(C(F)(F)I)cc1. The molecule has 0 saturated carbocycles. The first-order valence-corrected chi connectivity index (χ1v) is 8.57. The molecule has 130 valence electrons. The van der Waals surface area contributed by atoms with Gasteiger partial charge in [0.25, 0.3) is 0 Å². The Bertz CT molecular complexity index is 476. The van der Waals surface area contributed by atoms with E-state index in [-0.39, 0.29) is 5.56 Å². The van der Waals surface area contributed by atoms with Gasteiger partial charge in [0.15, 0.2) is 0 Å². The molecular formula is C16H23F2IN2O2. The highest BCUT2D eigenvalue weighted by atomic mass is 127. The molecule has 0 spiro atoms. The van der Waals surface area contributed by atoms with Gasteiger partial charge in [0.1, 0.15) is 6.61 Å². The van der Waals surface area contributed by atoms with E-state index in [0.717, 1.165) is 46.7 Å². The van der Waals surface area contributed by atoms with E-state index in [1.165, 1.54) is 12.1 Å². The Morgan fingerprint density at radius 3 is 2.48 bits per heavy atom. The van der Waals surface area contributed by atoms with Gasteiger partial charge in [-0.1, -0.05) is 29.4 Å². The number of hydrogen-bond donors (Lipinski definition) is 1. The highest BCUT2D eigenvalue weighted by Gasteiger charge is 2.26. The first kappa shape index (κ1) is 20.2. The van der Waals surface area contributed by atoms with Gasteiger partial charge in [-0.2, -0.15) is 8.78 Å². The zero-order valence-electron chi connectivity index (χ0n) is 13.4. The minimum atomic E-state index is -2.87. The maximum Gasteiger partial charge on any atom is 0.321 e. The maximum absolute atomic E-state index is 13.3. The van der Waals surface area contributed by atoms with Crippen molar-refractivity contribution in [2.24, 2.45) is 5.16 Å². The molecule has 0 aliphatic heterocycles. The van der Waals surface area contributed by atoms with Gasteiger partial charge < -0.3 is 14.9 Å². The monoisotopic (exact) mass is 440 g/mol. The van der Waals surface area contributed by atoms with Crippen LogP contribution in [0.2, 0.25) is 0 Å². The third-order valence-corrected chi connectivity index (χ3v) is 3.80. The van der Waals surface area contributed by atoms with Crippen LogP contribution in [0.5, 0.6) is 0 Å². The zero-order valence-corrected chi connectivity index (χ0v) is 15.6. The van der Waals surface area contributed by atoms with Crippen LogP contribution in [0.25, 0.3) is 0 Å². The normalized spacial score (nSPS) is 12.5. The largest absolute Gasteiger partial charge is 0.394 e. The van der Waals surface area contributed by atoms with Crippen LogP contribution in [0.1, 0.15) is 30.4 Å². The molecule has 0 radical (unpaired) electrons. The molecule has 0 atom stereocenters. The van der Waals surface area contributed by atoms with E-state index in [2.05, 4.69) is 10.5 Å². The Morgan fingerprint density at radius 2 is 1.91 bits per heavy atom. The van der Waals surface area contributed by atoms with E-state index in [4.69, 9.17) is 9.57 Å². The van der Waals surface area contributed by atoms with Gasteiger partial charge in [-0.05, 0) is 31.9 Å². The van der Waals surface area contributed by atoms with Crippen LogP contribution in [0.4, 0.5) is 8.78 Å². The third kappa shape index (κ3) is 8.03. The zero-order chi connectivity index (χ0) is 17.1. The molecule has 7 heteroatoms. The predicted molar refractivity (Wildman–Crippen MR) is 96.5 cm³/mol. The Balaban J connectivity index is 2.76. The summed E-state index contributed by atoms with van der Waals surface area (Å²) in [5.74, 6) is 0. The number of unbranched alkanes of at least 4 members (excludes halogenated alkanes) is 1. The van der Waals surface area contributed by atoms with E-state index in [9.17, 15) is 8.78 Å². The highest BCUT2D eigenvalue weighted by Crippen LogP contribution is 2.35. The minimum absolute atomic E-state index is 0.0170. The van der Waals surface area contributed by atoms with Crippen molar-refractivity contribution in [3.63, 3.8) is 0 Å². The fourth-order valence-corrected chi connectivity index (χ4v) is 2.26. The summed E-state index contributed by atoms with van der Waals surface area (Å²) in [6.45, 7) is 1.84. The summed E-state index contributed by atoms with van der Waals surface area (Å²) in [4.78, 5) is 5.29. The lowest BCUT2D eigenvalue weighted by Crippen LogP contribution is -2.13. The predicted octanol–water partition coefficient (Wildman–Crippen LogP) is 3.93. The van der Waals surface area contributed by atoms with Crippen molar-refractivity contribution < 1.29 is 18.4 Å². The molecule has 1 aromatic rings. The molecule has 1 rings (SSSR count). The van der Waals surface area contributed by atoms with E-state index in [1.807, 2.05) is 7.05 Å². The van der Waals surface area contributed by atoms with Crippen LogP contribution in [0.3, 0.4) is 0 Å². The fraction of sp³-hybridized carbons (Fsp3) is 0.562. The number of halogens is 3. The smallest absolute Gasteiger partial charge is 0.321 e. The second-order valence-electron chi connectivity index (χ2n) is 5.00. The van der Waals surface area contributed by atoms with E-state index in [1.54, 1.807) is 19.2 Å². The molecule has 0 aliphatic rings. The van der Waals surface area contributed by atoms with Crippen molar-refractivity contribution in [1.29, 1.82) is 0 Å². The maximum atomic E-state index is 13.3. The van der Waals surface area contributed by atoms with Crippen LogP contribution in [0, 0.1) is 0 Å². The summed E-state index contributed by atoms with van der Waals surface area (Å²) in [7, 11) is 3.50. The lowest BCUT2D eigenvalue weighted by atomic mass is 10.0. The molecule has 1 aromatic carbocycles. The van der Waals surface area contributed by atoms with Crippen molar-refractivity contribution in [2.75, 3.05) is 33.9 Å². The van der Waals surface area contributed by atoms with Crippen LogP contribution >= 0.6 is 22.6 Å². The number of hydrogen-bond acceptors (Lipinski definition) is 4. The van der Waals surface area contributed by atoms with E-state index < -0.39 is 3.93 Å². The van der Waals surface area contributed by atoms with Gasteiger partial charge >= 0.3 is 3.93 Å². The molecule has 0 bridgehead atoms. The summed E-state index contributed by atoms with van der Waals surface area (Å²) >= 11 is 1.13. The molecule has 0 unspecified atom stereocenters. The van der Waals surface area contributed by atoms with Gasteiger partial charge in [0, 0.05) is 48.4 Å². The van der Waals surface area contributed by atoms with Crippen LogP contribution < -0.4 is 5.32 Å². The molecule has 0 amide bonds. The van der Waals surface area contributed by atoms with Gasteiger partial charge in [0.05, 0.1) is 5.71 Å². The minimum Gasteiger partial charge on any atom is -0.394 e. The molecule has 1 N–H and O–H groups in total. The Labute approximate surface area is 149 Å². The number of rotatable bonds is 11. The topological polar surface area (TPSA) is 42.8 Å². The van der Waals surface area contributed by atoms with Crippen molar-refractivity contribution in [3.8, 4) is 0 Å². The average molecular weight is 440 g/mol. The molecule has 0 aliphatic carbocycles. The van der Waals surface area contributed by atoms with Gasteiger partial charge in [0.2, 0.25) is 0 Å². The van der Waals surface area contributed by atoms with Crippen molar-refractivity contribution in [2.45, 2.75) is 23.2 Å². The highest BCUT2D eigenvalue weighted by molar-refractivity contribution is 14.1. The van der Waals surface area contributed by atoms with E-state index in [0.29, 0.717) is 26.2 Å². The lowest BCUT2D eigenvalue weighted by molar-refractivity contribution is 0.127. The summed E-state index contributed by atoms with van der Waals surface area (Å²) in [5, 5.41) is 7.14. The molecule has 0 aromatic heterocycles. The van der Waals surface area contributed by atoms with Crippen molar-refractivity contribution in [3.05, 3.63) is 35.4 Å². The molecule has 0 heterocycles. The van der Waals surface area contributed by atoms with Crippen LogP contribution in [-0.4, -0.2) is 39.6 Å². The second kappa shape index (κ2) is 10.9. The van der Waals surface area contributed by atoms with E-state index >= 15 is 0 Å². The fourth-order valence-electron chi connectivity index (χ4n) is 1.90. The Kier molecular flexibility index (Phi) is 9.57. The summed E-state index contributed by atoms with van der Waals surface area (Å²) in [6.07, 6.45) is 2.52. The number of nitrogens with zero attached hydrogens (tertiary/aromatic N) is 1. The first-order chi connectivity index (χ1) is 11.0. The second-order valence-corrected chi connectivity index (χ2v) is 6.35. The van der Waals surface area contributed by atoms with Crippen LogP contribution in [0.15, 0.2) is 29.4 Å². The number of alkyl halides is 3. The molecule has 4 nitrogen and oxygen atoms in total. The number of nitrogens with one attached hydrogen (secondary N) is 1.